The molecule has 2 aromatic heterocycles. The first-order valence-corrected chi connectivity index (χ1v) is 8.26. The van der Waals surface area contributed by atoms with E-state index in [-0.39, 0.29) is 12.5 Å². The molecule has 0 aromatic carbocycles. The van der Waals surface area contributed by atoms with E-state index in [2.05, 4.69) is 24.0 Å². The van der Waals surface area contributed by atoms with Crippen molar-refractivity contribution in [2.24, 2.45) is 5.92 Å². The van der Waals surface area contributed by atoms with Crippen LogP contribution in [0, 0.1) is 5.92 Å². The van der Waals surface area contributed by atoms with Crippen molar-refractivity contribution in [2.45, 2.75) is 58.0 Å². The Labute approximate surface area is 135 Å². The number of aliphatic carboxylic acids is 1. The summed E-state index contributed by atoms with van der Waals surface area (Å²) in [6.07, 6.45) is 6.05. The van der Waals surface area contributed by atoms with Crippen molar-refractivity contribution in [2.75, 3.05) is 0 Å². The van der Waals surface area contributed by atoms with E-state index in [9.17, 15) is 4.79 Å². The van der Waals surface area contributed by atoms with Crippen LogP contribution in [0.25, 0.3) is 5.65 Å². The summed E-state index contributed by atoms with van der Waals surface area (Å²) in [5.74, 6) is 1.64. The van der Waals surface area contributed by atoms with Crippen molar-refractivity contribution in [1.82, 2.24) is 14.6 Å². The highest BCUT2D eigenvalue weighted by atomic mass is 16.5. The van der Waals surface area contributed by atoms with Gasteiger partial charge in [0.15, 0.2) is 5.65 Å². The maximum absolute atomic E-state index is 10.8. The van der Waals surface area contributed by atoms with Crippen molar-refractivity contribution in [3.8, 4) is 5.75 Å². The fraction of sp³-hybridized carbons (Fsp3) is 0.588. The molecule has 0 unspecified atom stereocenters. The van der Waals surface area contributed by atoms with E-state index in [1.807, 2.05) is 22.7 Å². The molecule has 6 heteroatoms. The highest BCUT2D eigenvalue weighted by molar-refractivity contribution is 5.67. The van der Waals surface area contributed by atoms with Crippen LogP contribution in [0.15, 0.2) is 18.3 Å². The molecule has 23 heavy (non-hydrogen) atoms. The van der Waals surface area contributed by atoms with Gasteiger partial charge >= 0.3 is 5.97 Å². The van der Waals surface area contributed by atoms with Crippen LogP contribution < -0.4 is 4.74 Å². The average molecular weight is 317 g/mol. The Balaban J connectivity index is 1.66. The monoisotopic (exact) mass is 317 g/mol. The second-order valence-electron chi connectivity index (χ2n) is 6.66. The van der Waals surface area contributed by atoms with Crippen molar-refractivity contribution in [3.63, 3.8) is 0 Å². The Morgan fingerprint density at radius 3 is 2.70 bits per heavy atom. The minimum Gasteiger partial charge on any atom is -0.489 e. The third-order valence-corrected chi connectivity index (χ3v) is 4.48. The van der Waals surface area contributed by atoms with E-state index in [0.29, 0.717) is 11.8 Å². The summed E-state index contributed by atoms with van der Waals surface area (Å²) in [6, 6.07) is 3.85. The first kappa shape index (κ1) is 15.8. The average Bonchev–Trinajstić information content (AvgIpc) is 2.92. The Morgan fingerprint density at radius 2 is 2.04 bits per heavy atom. The summed E-state index contributed by atoms with van der Waals surface area (Å²) in [5, 5.41) is 17.3. The fourth-order valence-electron chi connectivity index (χ4n) is 3.25. The molecule has 1 aliphatic carbocycles. The van der Waals surface area contributed by atoms with E-state index in [0.717, 1.165) is 42.9 Å². The number of carboxylic acids is 1. The zero-order valence-corrected chi connectivity index (χ0v) is 13.6. The van der Waals surface area contributed by atoms with Gasteiger partial charge in [-0.05, 0) is 43.7 Å². The van der Waals surface area contributed by atoms with Crippen LogP contribution in [0.1, 0.15) is 57.7 Å². The first-order chi connectivity index (χ1) is 11.0. The summed E-state index contributed by atoms with van der Waals surface area (Å²) in [6.45, 7) is 4.18. The predicted molar refractivity (Wildman–Crippen MR) is 85.7 cm³/mol. The number of carbonyl (C=O) groups is 1. The normalized spacial score (nSPS) is 21.7. The van der Waals surface area contributed by atoms with E-state index < -0.39 is 5.97 Å². The molecule has 0 spiro atoms. The predicted octanol–water partition coefficient (Wildman–Crippen LogP) is 3.27. The summed E-state index contributed by atoms with van der Waals surface area (Å²) in [7, 11) is 0. The lowest BCUT2D eigenvalue weighted by Crippen LogP contribution is -2.25. The zero-order chi connectivity index (χ0) is 16.4. The van der Waals surface area contributed by atoms with Crippen molar-refractivity contribution in [3.05, 3.63) is 24.2 Å². The smallest absolute Gasteiger partial charge is 0.303 e. The van der Waals surface area contributed by atoms with Crippen LogP contribution in [0.5, 0.6) is 5.75 Å². The molecule has 2 heterocycles. The van der Waals surface area contributed by atoms with Gasteiger partial charge in [0.05, 0.1) is 12.3 Å². The topological polar surface area (TPSA) is 76.7 Å². The van der Waals surface area contributed by atoms with Gasteiger partial charge in [0.2, 0.25) is 0 Å². The molecule has 0 bridgehead atoms. The number of ether oxygens (including phenoxy) is 1. The van der Waals surface area contributed by atoms with E-state index in [1.165, 1.54) is 0 Å². The molecule has 0 amide bonds. The van der Waals surface area contributed by atoms with E-state index >= 15 is 0 Å². The number of nitrogens with zero attached hydrogens (tertiary/aromatic N) is 3. The highest BCUT2D eigenvalue weighted by Gasteiger charge is 2.24. The molecule has 6 nitrogen and oxygen atoms in total. The molecule has 1 N–H and O–H groups in total. The van der Waals surface area contributed by atoms with Gasteiger partial charge in [-0.25, -0.2) is 0 Å². The Morgan fingerprint density at radius 1 is 1.30 bits per heavy atom. The molecule has 0 atom stereocenters. The molecule has 0 aliphatic heterocycles. The van der Waals surface area contributed by atoms with Crippen LogP contribution in [0.2, 0.25) is 0 Å². The zero-order valence-electron chi connectivity index (χ0n) is 13.6. The number of carboxylic acid groups (broad SMARTS) is 1. The molecule has 1 aliphatic rings. The quantitative estimate of drug-likeness (QED) is 0.916. The van der Waals surface area contributed by atoms with Crippen molar-refractivity contribution >= 4 is 11.6 Å². The highest BCUT2D eigenvalue weighted by Crippen LogP contribution is 2.30. The molecule has 2 aromatic rings. The summed E-state index contributed by atoms with van der Waals surface area (Å²) >= 11 is 0. The largest absolute Gasteiger partial charge is 0.489 e. The van der Waals surface area contributed by atoms with Crippen LogP contribution >= 0.6 is 0 Å². The van der Waals surface area contributed by atoms with Gasteiger partial charge in [0.1, 0.15) is 11.6 Å². The summed E-state index contributed by atoms with van der Waals surface area (Å²) < 4.78 is 8.08. The van der Waals surface area contributed by atoms with Crippen LogP contribution in [0.3, 0.4) is 0 Å². The maximum Gasteiger partial charge on any atom is 0.303 e. The lowest BCUT2D eigenvalue weighted by atomic mass is 9.85. The van der Waals surface area contributed by atoms with Crippen molar-refractivity contribution in [1.29, 1.82) is 0 Å². The number of aromatic nitrogens is 3. The first-order valence-electron chi connectivity index (χ1n) is 8.26. The van der Waals surface area contributed by atoms with Gasteiger partial charge in [-0.2, -0.15) is 0 Å². The standard InChI is InChI=1S/C17H23N3O3/c1-11(2)17-19-18-15-8-7-14(10-20(15)17)23-13-5-3-12(4-6-13)9-16(21)22/h7-8,10-13H,3-6,9H2,1-2H3,(H,21,22)/t12-,13-. The third kappa shape index (κ3) is 3.63. The van der Waals surface area contributed by atoms with Gasteiger partial charge in [0, 0.05) is 12.3 Å². The third-order valence-electron chi connectivity index (χ3n) is 4.48. The molecule has 3 rings (SSSR count). The fourth-order valence-corrected chi connectivity index (χ4v) is 3.25. The molecule has 1 fully saturated rings. The van der Waals surface area contributed by atoms with Crippen LogP contribution in [-0.2, 0) is 4.79 Å². The summed E-state index contributed by atoms with van der Waals surface area (Å²) in [4.78, 5) is 10.8. The number of hydrogen-bond donors (Lipinski definition) is 1. The number of rotatable bonds is 5. The number of hydrogen-bond acceptors (Lipinski definition) is 4. The molecule has 1 saturated carbocycles. The minimum absolute atomic E-state index is 0.163. The van der Waals surface area contributed by atoms with Gasteiger partial charge in [-0.3, -0.25) is 9.20 Å². The second kappa shape index (κ2) is 6.56. The van der Waals surface area contributed by atoms with E-state index in [4.69, 9.17) is 9.84 Å². The van der Waals surface area contributed by atoms with Gasteiger partial charge in [-0.1, -0.05) is 13.8 Å². The Hall–Kier alpha value is -2.11. The Kier molecular flexibility index (Phi) is 4.50. The van der Waals surface area contributed by atoms with Crippen LogP contribution in [0.4, 0.5) is 0 Å². The number of pyridine rings is 1. The maximum atomic E-state index is 10.8. The molecule has 124 valence electrons. The SMILES string of the molecule is CC(C)c1nnc2ccc(O[C@H]3CC[C@H](CC(=O)O)CC3)cn12. The van der Waals surface area contributed by atoms with Gasteiger partial charge in [0.25, 0.3) is 0 Å². The van der Waals surface area contributed by atoms with E-state index in [1.54, 1.807) is 0 Å². The molecular weight excluding hydrogens is 294 g/mol. The molecule has 0 saturated heterocycles. The second-order valence-corrected chi connectivity index (χ2v) is 6.66. The molecule has 0 radical (unpaired) electrons. The van der Waals surface area contributed by atoms with Crippen molar-refractivity contribution < 1.29 is 14.6 Å². The minimum atomic E-state index is -0.700. The van der Waals surface area contributed by atoms with Gasteiger partial charge in [-0.15, -0.1) is 10.2 Å². The summed E-state index contributed by atoms with van der Waals surface area (Å²) in [5.41, 5.74) is 0.825. The lowest BCUT2D eigenvalue weighted by molar-refractivity contribution is -0.138. The Bertz CT molecular complexity index is 687. The molecular formula is C17H23N3O3. The van der Waals surface area contributed by atoms with Gasteiger partial charge < -0.3 is 9.84 Å². The van der Waals surface area contributed by atoms with Crippen LogP contribution in [-0.4, -0.2) is 31.8 Å². The number of fused-ring (bicyclic) bond motifs is 1. The lowest BCUT2D eigenvalue weighted by Gasteiger charge is -2.28.